The standard InChI is InChI=1S/C18H40N2/c1-15(2)17(5,6)14-20(11)13-16(3,4)12-18(7,8)19(9)10/h15H,12-14H2,1-11H3. The summed E-state index contributed by atoms with van der Waals surface area (Å²) in [4.78, 5) is 4.86. The fraction of sp³-hybridized carbons (Fsp3) is 1.00. The van der Waals surface area contributed by atoms with E-state index in [2.05, 4.69) is 86.3 Å². The zero-order valence-corrected chi connectivity index (χ0v) is 16.1. The van der Waals surface area contributed by atoms with E-state index in [1.807, 2.05) is 0 Å². The van der Waals surface area contributed by atoms with Crippen molar-refractivity contribution in [2.75, 3.05) is 34.2 Å². The molecule has 0 aromatic heterocycles. The number of rotatable bonds is 8. The van der Waals surface area contributed by atoms with Crippen molar-refractivity contribution < 1.29 is 0 Å². The minimum Gasteiger partial charge on any atom is -0.305 e. The van der Waals surface area contributed by atoms with E-state index in [1.54, 1.807) is 0 Å². The van der Waals surface area contributed by atoms with Crippen LogP contribution in [0.3, 0.4) is 0 Å². The molecule has 2 heteroatoms. The molecule has 0 unspecified atom stereocenters. The van der Waals surface area contributed by atoms with E-state index >= 15 is 0 Å². The summed E-state index contributed by atoms with van der Waals surface area (Å²) in [5.41, 5.74) is 0.954. The van der Waals surface area contributed by atoms with Gasteiger partial charge >= 0.3 is 0 Å². The zero-order chi connectivity index (χ0) is 16.4. The second-order valence-corrected chi connectivity index (χ2v) is 9.36. The Balaban J connectivity index is 4.61. The molecule has 0 bridgehead atoms. The van der Waals surface area contributed by atoms with Crippen LogP contribution in [0.4, 0.5) is 0 Å². The van der Waals surface area contributed by atoms with E-state index in [0.717, 1.165) is 13.1 Å². The van der Waals surface area contributed by atoms with E-state index < -0.39 is 0 Å². The van der Waals surface area contributed by atoms with Gasteiger partial charge in [0.1, 0.15) is 0 Å². The van der Waals surface area contributed by atoms with Crippen LogP contribution in [0.15, 0.2) is 0 Å². The number of nitrogens with zero attached hydrogens (tertiary/aromatic N) is 2. The normalized spacial score (nSPS) is 14.7. The lowest BCUT2D eigenvalue weighted by Gasteiger charge is -2.43. The molecule has 0 saturated heterocycles. The summed E-state index contributed by atoms with van der Waals surface area (Å²) in [5, 5.41) is 0. The van der Waals surface area contributed by atoms with Gasteiger partial charge in [0.15, 0.2) is 0 Å². The topological polar surface area (TPSA) is 6.48 Å². The van der Waals surface area contributed by atoms with Gasteiger partial charge in [-0.15, -0.1) is 0 Å². The third kappa shape index (κ3) is 6.58. The lowest BCUT2D eigenvalue weighted by atomic mass is 9.77. The Hall–Kier alpha value is -0.0800. The molecule has 122 valence electrons. The van der Waals surface area contributed by atoms with Crippen molar-refractivity contribution in [3.05, 3.63) is 0 Å². The van der Waals surface area contributed by atoms with Crippen LogP contribution < -0.4 is 0 Å². The molecule has 0 saturated carbocycles. The van der Waals surface area contributed by atoms with E-state index in [1.165, 1.54) is 6.42 Å². The summed E-state index contributed by atoms with van der Waals surface area (Å²) >= 11 is 0. The van der Waals surface area contributed by atoms with Gasteiger partial charge < -0.3 is 9.80 Å². The Morgan fingerprint density at radius 1 is 0.800 bits per heavy atom. The first-order valence-corrected chi connectivity index (χ1v) is 8.06. The minimum atomic E-state index is 0.248. The lowest BCUT2D eigenvalue weighted by molar-refractivity contribution is 0.0744. The molecule has 0 heterocycles. The van der Waals surface area contributed by atoms with Crippen LogP contribution in [-0.4, -0.2) is 49.6 Å². The third-order valence-electron chi connectivity index (χ3n) is 5.06. The average molecular weight is 285 g/mol. The molecular formula is C18H40N2. The molecule has 0 radical (unpaired) electrons. The summed E-state index contributed by atoms with van der Waals surface area (Å²) in [6.45, 7) is 21.2. The van der Waals surface area contributed by atoms with Crippen molar-refractivity contribution in [3.63, 3.8) is 0 Å². The van der Waals surface area contributed by atoms with Crippen molar-refractivity contribution in [1.82, 2.24) is 9.80 Å². The largest absolute Gasteiger partial charge is 0.305 e. The highest BCUT2D eigenvalue weighted by Gasteiger charge is 2.32. The number of hydrogen-bond acceptors (Lipinski definition) is 2. The molecular weight excluding hydrogens is 244 g/mol. The van der Waals surface area contributed by atoms with Gasteiger partial charge in [0.05, 0.1) is 0 Å². The molecule has 0 atom stereocenters. The van der Waals surface area contributed by atoms with Crippen LogP contribution in [0.2, 0.25) is 0 Å². The van der Waals surface area contributed by atoms with Crippen LogP contribution in [0.5, 0.6) is 0 Å². The first kappa shape index (κ1) is 19.9. The summed E-state index contributed by atoms with van der Waals surface area (Å²) in [6, 6.07) is 0. The van der Waals surface area contributed by atoms with Gasteiger partial charge in [-0.05, 0) is 58.2 Å². The molecule has 0 N–H and O–H groups in total. The Kier molecular flexibility index (Phi) is 6.76. The van der Waals surface area contributed by atoms with E-state index in [0.29, 0.717) is 16.7 Å². The lowest BCUT2D eigenvalue weighted by Crippen LogP contribution is -2.46. The summed E-state index contributed by atoms with van der Waals surface area (Å²) in [5.74, 6) is 0.714. The molecule has 0 aliphatic rings. The second kappa shape index (κ2) is 6.79. The maximum atomic E-state index is 2.52. The van der Waals surface area contributed by atoms with E-state index in [-0.39, 0.29) is 5.54 Å². The Labute approximate surface area is 128 Å². The molecule has 0 aromatic carbocycles. The van der Waals surface area contributed by atoms with Crippen molar-refractivity contribution in [3.8, 4) is 0 Å². The summed E-state index contributed by atoms with van der Waals surface area (Å²) in [7, 11) is 6.64. The summed E-state index contributed by atoms with van der Waals surface area (Å²) in [6.07, 6.45) is 1.21. The molecule has 0 rings (SSSR count). The Morgan fingerprint density at radius 2 is 1.25 bits per heavy atom. The molecule has 0 spiro atoms. The van der Waals surface area contributed by atoms with Crippen LogP contribution in [0.1, 0.15) is 61.8 Å². The third-order valence-corrected chi connectivity index (χ3v) is 5.06. The average Bonchev–Trinajstić information content (AvgIpc) is 2.12. The highest BCUT2D eigenvalue weighted by Crippen LogP contribution is 2.33. The molecule has 20 heavy (non-hydrogen) atoms. The fourth-order valence-corrected chi connectivity index (χ4v) is 3.05. The van der Waals surface area contributed by atoms with Gasteiger partial charge in [-0.2, -0.15) is 0 Å². The molecule has 0 amide bonds. The van der Waals surface area contributed by atoms with E-state index in [9.17, 15) is 0 Å². The maximum Gasteiger partial charge on any atom is 0.0152 e. The van der Waals surface area contributed by atoms with Crippen LogP contribution >= 0.6 is 0 Å². The zero-order valence-electron chi connectivity index (χ0n) is 16.1. The van der Waals surface area contributed by atoms with Crippen molar-refractivity contribution >= 4 is 0 Å². The van der Waals surface area contributed by atoms with E-state index in [4.69, 9.17) is 0 Å². The first-order chi connectivity index (χ1) is 8.69. The van der Waals surface area contributed by atoms with Crippen molar-refractivity contribution in [2.24, 2.45) is 16.7 Å². The molecule has 0 aliphatic carbocycles. The smallest absolute Gasteiger partial charge is 0.0152 e. The number of hydrogen-bond donors (Lipinski definition) is 0. The maximum absolute atomic E-state index is 2.52. The quantitative estimate of drug-likeness (QED) is 0.653. The van der Waals surface area contributed by atoms with Gasteiger partial charge in [-0.3, -0.25) is 0 Å². The van der Waals surface area contributed by atoms with Crippen molar-refractivity contribution in [1.29, 1.82) is 0 Å². The van der Waals surface area contributed by atoms with Gasteiger partial charge in [-0.25, -0.2) is 0 Å². The SMILES string of the molecule is CC(C)C(C)(C)CN(C)CC(C)(C)CC(C)(C)N(C)C. The molecule has 0 aromatic rings. The van der Waals surface area contributed by atoms with Gasteiger partial charge in [0, 0.05) is 18.6 Å². The van der Waals surface area contributed by atoms with Crippen LogP contribution in [0, 0.1) is 16.7 Å². The predicted molar refractivity (Wildman–Crippen MR) is 92.3 cm³/mol. The summed E-state index contributed by atoms with van der Waals surface area (Å²) < 4.78 is 0. The molecule has 2 nitrogen and oxygen atoms in total. The van der Waals surface area contributed by atoms with Gasteiger partial charge in [0.25, 0.3) is 0 Å². The fourth-order valence-electron chi connectivity index (χ4n) is 3.05. The van der Waals surface area contributed by atoms with Gasteiger partial charge in [-0.1, -0.05) is 41.5 Å². The van der Waals surface area contributed by atoms with Gasteiger partial charge in [0.2, 0.25) is 0 Å². The van der Waals surface area contributed by atoms with Crippen molar-refractivity contribution in [2.45, 2.75) is 67.3 Å². The molecule has 0 fully saturated rings. The first-order valence-electron chi connectivity index (χ1n) is 8.06. The second-order valence-electron chi connectivity index (χ2n) is 9.36. The van der Waals surface area contributed by atoms with Crippen LogP contribution in [0.25, 0.3) is 0 Å². The highest BCUT2D eigenvalue weighted by molar-refractivity contribution is 4.87. The highest BCUT2D eigenvalue weighted by atomic mass is 15.1. The minimum absolute atomic E-state index is 0.248. The Morgan fingerprint density at radius 3 is 1.60 bits per heavy atom. The predicted octanol–water partition coefficient (Wildman–Crippen LogP) is 4.36. The van der Waals surface area contributed by atoms with Crippen LogP contribution in [-0.2, 0) is 0 Å². The Bertz CT molecular complexity index is 288. The molecule has 0 aliphatic heterocycles. The monoisotopic (exact) mass is 284 g/mol.